The van der Waals surface area contributed by atoms with Crippen LogP contribution in [0.2, 0.25) is 0 Å². The molecule has 3 rings (SSSR count). The molecule has 1 saturated carbocycles. The predicted octanol–water partition coefficient (Wildman–Crippen LogP) is 0.351. The van der Waals surface area contributed by atoms with Crippen LogP contribution in [0.5, 0.6) is 0 Å². The van der Waals surface area contributed by atoms with Crippen molar-refractivity contribution >= 4 is 5.96 Å². The average molecular weight is 234 g/mol. The summed E-state index contributed by atoms with van der Waals surface area (Å²) in [6, 6.07) is 0.440. The number of hydrogen-bond acceptors (Lipinski definition) is 3. The molecule has 2 N–H and O–H groups in total. The SMILES string of the molecule is NC(=NC1CCCC1)N1CCn2cnnc2C1. The molecule has 2 aliphatic rings. The molecule has 2 heterocycles. The highest BCUT2D eigenvalue weighted by Crippen LogP contribution is 2.21. The van der Waals surface area contributed by atoms with Gasteiger partial charge in [-0.2, -0.15) is 0 Å². The molecular weight excluding hydrogens is 216 g/mol. The largest absolute Gasteiger partial charge is 0.370 e. The first kappa shape index (κ1) is 10.6. The summed E-state index contributed by atoms with van der Waals surface area (Å²) in [4.78, 5) is 6.72. The van der Waals surface area contributed by atoms with Gasteiger partial charge in [0.2, 0.25) is 0 Å². The zero-order valence-electron chi connectivity index (χ0n) is 9.92. The number of hydrogen-bond donors (Lipinski definition) is 1. The fourth-order valence-electron chi connectivity index (χ4n) is 2.56. The van der Waals surface area contributed by atoms with Crippen LogP contribution in [0, 0.1) is 0 Å². The number of rotatable bonds is 1. The monoisotopic (exact) mass is 234 g/mol. The molecule has 0 radical (unpaired) electrons. The summed E-state index contributed by atoms with van der Waals surface area (Å²) in [6.07, 6.45) is 6.72. The maximum absolute atomic E-state index is 6.07. The van der Waals surface area contributed by atoms with E-state index in [-0.39, 0.29) is 0 Å². The predicted molar refractivity (Wildman–Crippen MR) is 64.3 cm³/mol. The Balaban J connectivity index is 1.69. The van der Waals surface area contributed by atoms with Crippen molar-refractivity contribution < 1.29 is 0 Å². The molecule has 0 aromatic carbocycles. The Morgan fingerprint density at radius 1 is 1.35 bits per heavy atom. The zero-order valence-corrected chi connectivity index (χ0v) is 9.92. The second-order valence-corrected chi connectivity index (χ2v) is 4.79. The number of aliphatic imine (C=N–C) groups is 1. The Morgan fingerprint density at radius 3 is 3.00 bits per heavy atom. The molecule has 1 aliphatic heterocycles. The Kier molecular flexibility index (Phi) is 2.70. The molecule has 6 nitrogen and oxygen atoms in total. The van der Waals surface area contributed by atoms with Gasteiger partial charge >= 0.3 is 0 Å². The number of fused-ring (bicyclic) bond motifs is 1. The van der Waals surface area contributed by atoms with E-state index in [1.165, 1.54) is 25.7 Å². The zero-order chi connectivity index (χ0) is 11.7. The Hall–Kier alpha value is -1.59. The van der Waals surface area contributed by atoms with Gasteiger partial charge in [-0.05, 0) is 12.8 Å². The highest BCUT2D eigenvalue weighted by molar-refractivity contribution is 5.78. The number of guanidine groups is 1. The van der Waals surface area contributed by atoms with E-state index in [1.807, 2.05) is 0 Å². The molecule has 1 aromatic rings. The average Bonchev–Trinajstić information content (AvgIpc) is 2.97. The number of nitrogens with two attached hydrogens (primary N) is 1. The second kappa shape index (κ2) is 4.35. The lowest BCUT2D eigenvalue weighted by atomic mass is 10.3. The Labute approximate surface area is 101 Å². The molecule has 0 amide bonds. The van der Waals surface area contributed by atoms with Gasteiger partial charge in [-0.1, -0.05) is 12.8 Å². The van der Waals surface area contributed by atoms with Gasteiger partial charge in [-0.25, -0.2) is 4.99 Å². The molecule has 92 valence electrons. The smallest absolute Gasteiger partial charge is 0.192 e. The summed E-state index contributed by atoms with van der Waals surface area (Å²) >= 11 is 0. The lowest BCUT2D eigenvalue weighted by Crippen LogP contribution is -2.43. The van der Waals surface area contributed by atoms with E-state index in [9.17, 15) is 0 Å². The van der Waals surface area contributed by atoms with E-state index >= 15 is 0 Å². The summed E-state index contributed by atoms with van der Waals surface area (Å²) < 4.78 is 2.07. The van der Waals surface area contributed by atoms with Crippen molar-refractivity contribution in [2.45, 2.75) is 44.8 Å². The minimum Gasteiger partial charge on any atom is -0.370 e. The van der Waals surface area contributed by atoms with Crippen molar-refractivity contribution in [1.29, 1.82) is 0 Å². The lowest BCUT2D eigenvalue weighted by molar-refractivity contribution is 0.324. The van der Waals surface area contributed by atoms with Crippen molar-refractivity contribution in [3.8, 4) is 0 Å². The van der Waals surface area contributed by atoms with Crippen LogP contribution in [0.25, 0.3) is 0 Å². The van der Waals surface area contributed by atoms with E-state index in [2.05, 4.69) is 24.7 Å². The van der Waals surface area contributed by atoms with Gasteiger partial charge in [0.1, 0.15) is 6.33 Å². The van der Waals surface area contributed by atoms with Crippen LogP contribution in [-0.4, -0.2) is 38.2 Å². The van der Waals surface area contributed by atoms with Gasteiger partial charge in [-0.15, -0.1) is 10.2 Å². The van der Waals surface area contributed by atoms with Crippen molar-refractivity contribution in [2.75, 3.05) is 6.54 Å². The summed E-state index contributed by atoms with van der Waals surface area (Å²) in [7, 11) is 0. The molecule has 0 saturated heterocycles. The van der Waals surface area contributed by atoms with Crippen molar-refractivity contribution in [2.24, 2.45) is 10.7 Å². The molecule has 0 atom stereocenters. The third-order valence-corrected chi connectivity index (χ3v) is 3.60. The first-order valence-electron chi connectivity index (χ1n) is 6.28. The molecule has 0 spiro atoms. The maximum Gasteiger partial charge on any atom is 0.192 e. The summed E-state index contributed by atoms with van der Waals surface area (Å²) in [6.45, 7) is 2.51. The van der Waals surface area contributed by atoms with Gasteiger partial charge in [0.25, 0.3) is 0 Å². The van der Waals surface area contributed by atoms with Crippen LogP contribution < -0.4 is 5.73 Å². The van der Waals surface area contributed by atoms with E-state index in [0.29, 0.717) is 12.0 Å². The molecule has 17 heavy (non-hydrogen) atoms. The molecule has 0 unspecified atom stereocenters. The van der Waals surface area contributed by atoms with E-state index < -0.39 is 0 Å². The third-order valence-electron chi connectivity index (χ3n) is 3.60. The first-order valence-corrected chi connectivity index (χ1v) is 6.28. The molecule has 1 aliphatic carbocycles. The minimum absolute atomic E-state index is 0.440. The minimum atomic E-state index is 0.440. The van der Waals surface area contributed by atoms with Crippen LogP contribution in [0.4, 0.5) is 0 Å². The van der Waals surface area contributed by atoms with Crippen molar-refractivity contribution in [1.82, 2.24) is 19.7 Å². The molecule has 1 aromatic heterocycles. The molecular formula is C11H18N6. The van der Waals surface area contributed by atoms with E-state index in [1.54, 1.807) is 6.33 Å². The standard InChI is InChI=1S/C11H18N6/c12-11(14-9-3-1-2-4-9)16-5-6-17-8-13-15-10(17)7-16/h8-9H,1-7H2,(H2,12,14). The van der Waals surface area contributed by atoms with E-state index in [4.69, 9.17) is 5.73 Å². The summed E-state index contributed by atoms with van der Waals surface area (Å²) in [5.74, 6) is 1.65. The first-order chi connectivity index (χ1) is 8.33. The fourth-order valence-corrected chi connectivity index (χ4v) is 2.56. The Morgan fingerprint density at radius 2 is 2.18 bits per heavy atom. The quantitative estimate of drug-likeness (QED) is 0.562. The molecule has 0 bridgehead atoms. The van der Waals surface area contributed by atoms with Crippen LogP contribution in [-0.2, 0) is 13.1 Å². The summed E-state index contributed by atoms with van der Waals surface area (Å²) in [5.41, 5.74) is 6.07. The molecule has 1 fully saturated rings. The normalized spacial score (nSPS) is 21.9. The fraction of sp³-hybridized carbons (Fsp3) is 0.727. The van der Waals surface area contributed by atoms with Crippen LogP contribution in [0.15, 0.2) is 11.3 Å². The third kappa shape index (κ3) is 2.11. The van der Waals surface area contributed by atoms with Crippen LogP contribution >= 0.6 is 0 Å². The van der Waals surface area contributed by atoms with Gasteiger partial charge in [-0.3, -0.25) is 0 Å². The second-order valence-electron chi connectivity index (χ2n) is 4.79. The van der Waals surface area contributed by atoms with E-state index in [0.717, 1.165) is 25.5 Å². The van der Waals surface area contributed by atoms with Crippen molar-refractivity contribution in [3.05, 3.63) is 12.2 Å². The topological polar surface area (TPSA) is 72.3 Å². The summed E-state index contributed by atoms with van der Waals surface area (Å²) in [5, 5.41) is 7.99. The Bertz CT molecular complexity index is 417. The lowest BCUT2D eigenvalue weighted by Gasteiger charge is -2.28. The van der Waals surface area contributed by atoms with Gasteiger partial charge in [0.15, 0.2) is 11.8 Å². The highest BCUT2D eigenvalue weighted by atomic mass is 15.4. The number of nitrogens with zero attached hydrogens (tertiary/aromatic N) is 5. The van der Waals surface area contributed by atoms with Gasteiger partial charge < -0.3 is 15.2 Å². The maximum atomic E-state index is 6.07. The van der Waals surface area contributed by atoms with Gasteiger partial charge in [0.05, 0.1) is 12.6 Å². The van der Waals surface area contributed by atoms with Crippen molar-refractivity contribution in [3.63, 3.8) is 0 Å². The molecule has 6 heteroatoms. The van der Waals surface area contributed by atoms with Crippen LogP contribution in [0.1, 0.15) is 31.5 Å². The number of aromatic nitrogens is 3. The highest BCUT2D eigenvalue weighted by Gasteiger charge is 2.20. The van der Waals surface area contributed by atoms with Crippen LogP contribution in [0.3, 0.4) is 0 Å². The van der Waals surface area contributed by atoms with Gasteiger partial charge in [0, 0.05) is 13.1 Å².